The van der Waals surface area contributed by atoms with Crippen LogP contribution in [0.25, 0.3) is 0 Å². The molecule has 0 fully saturated rings. The fourth-order valence-corrected chi connectivity index (χ4v) is 3.65. The summed E-state index contributed by atoms with van der Waals surface area (Å²) in [7, 11) is 1.64. The topological polar surface area (TPSA) is 70.5 Å². The highest BCUT2D eigenvalue weighted by molar-refractivity contribution is 5.93. The van der Waals surface area contributed by atoms with E-state index in [2.05, 4.69) is 26.8 Å². The molecule has 0 bridgehead atoms. The maximum Gasteiger partial charge on any atom is 0.341 e. The second kappa shape index (κ2) is 17.3. The van der Waals surface area contributed by atoms with Crippen LogP contribution in [0.5, 0.6) is 5.75 Å². The van der Waals surface area contributed by atoms with Crippen LogP contribution < -0.4 is 10.9 Å². The van der Waals surface area contributed by atoms with Crippen LogP contribution in [0.2, 0.25) is 0 Å². The lowest BCUT2D eigenvalue weighted by atomic mass is 9.98. The normalized spacial score (nSPS) is 10.5. The maximum atomic E-state index is 12.5. The predicted molar refractivity (Wildman–Crippen MR) is 123 cm³/mol. The molecule has 0 saturated carbocycles. The van der Waals surface area contributed by atoms with Gasteiger partial charge in [0.25, 0.3) is 0 Å². The zero-order chi connectivity index (χ0) is 20.6. The van der Waals surface area contributed by atoms with Crippen molar-refractivity contribution in [2.75, 3.05) is 13.7 Å². The largest absolute Gasteiger partial charge is 0.496 e. The number of hydrogen-bond acceptors (Lipinski definition) is 4. The van der Waals surface area contributed by atoms with Crippen molar-refractivity contribution in [2.24, 2.45) is 0 Å². The van der Waals surface area contributed by atoms with E-state index in [0.717, 1.165) is 24.8 Å². The van der Waals surface area contributed by atoms with Crippen LogP contribution in [0.1, 0.15) is 112 Å². The van der Waals surface area contributed by atoms with Crippen molar-refractivity contribution >= 4 is 5.97 Å². The number of rotatable bonds is 16. The molecule has 0 aliphatic rings. The molecular weight excluding hydrogens is 362 g/mol. The zero-order valence-corrected chi connectivity index (χ0v) is 19.5. The lowest BCUT2D eigenvalue weighted by molar-refractivity contribution is 0.0494. The molecule has 0 amide bonds. The van der Waals surface area contributed by atoms with E-state index >= 15 is 0 Å². The van der Waals surface area contributed by atoms with Gasteiger partial charge in [0.05, 0.1) is 13.7 Å². The summed E-state index contributed by atoms with van der Waals surface area (Å²) in [6.45, 7) is 7.01. The summed E-state index contributed by atoms with van der Waals surface area (Å²) < 4.78 is 11.1. The summed E-state index contributed by atoms with van der Waals surface area (Å²) in [6, 6.07) is 3.95. The minimum atomic E-state index is -0.264. The molecule has 1 aromatic carbocycles. The lowest BCUT2D eigenvalue weighted by Gasteiger charge is -2.15. The first kappa shape index (κ1) is 27.5. The Morgan fingerprint density at radius 2 is 1.38 bits per heavy atom. The molecule has 0 heterocycles. The van der Waals surface area contributed by atoms with Crippen LogP contribution in [-0.4, -0.2) is 19.7 Å². The highest BCUT2D eigenvalue weighted by atomic mass is 16.5. The number of hydrogen-bond donors (Lipinski definition) is 1. The Balaban J connectivity index is 0.00000784. The van der Waals surface area contributed by atoms with E-state index in [4.69, 9.17) is 9.47 Å². The van der Waals surface area contributed by atoms with Gasteiger partial charge in [-0.2, -0.15) is 0 Å². The van der Waals surface area contributed by atoms with Gasteiger partial charge in [-0.15, -0.1) is 0 Å². The van der Waals surface area contributed by atoms with E-state index in [9.17, 15) is 4.79 Å². The van der Waals surface area contributed by atoms with Crippen LogP contribution in [0.3, 0.4) is 0 Å². The Kier molecular flexibility index (Phi) is 16.4. The van der Waals surface area contributed by atoms with Crippen molar-refractivity contribution in [1.82, 2.24) is 6.15 Å². The quantitative estimate of drug-likeness (QED) is 0.226. The molecule has 0 unspecified atom stereocenters. The fourth-order valence-electron chi connectivity index (χ4n) is 3.65. The summed E-state index contributed by atoms with van der Waals surface area (Å²) in [5.41, 5.74) is 2.91. The summed E-state index contributed by atoms with van der Waals surface area (Å²) >= 11 is 0. The Morgan fingerprint density at radius 1 is 0.828 bits per heavy atom. The number of unbranched alkanes of at least 4 members (excludes halogenated alkanes) is 10. The molecule has 1 rings (SSSR count). The minimum Gasteiger partial charge on any atom is -0.496 e. The van der Waals surface area contributed by atoms with E-state index in [-0.39, 0.29) is 12.1 Å². The Hall–Kier alpha value is -1.55. The second-order valence-corrected chi connectivity index (χ2v) is 7.85. The number of methoxy groups -OCH3 is 1. The number of carbonyl (C=O) groups excluding carboxylic acids is 1. The monoisotopic (exact) mass is 407 g/mol. The van der Waals surface area contributed by atoms with E-state index < -0.39 is 0 Å². The van der Waals surface area contributed by atoms with Crippen molar-refractivity contribution in [3.8, 4) is 5.75 Å². The summed E-state index contributed by atoms with van der Waals surface area (Å²) in [4.78, 5) is 12.5. The first-order valence-electron chi connectivity index (χ1n) is 11.5. The highest BCUT2D eigenvalue weighted by Crippen LogP contribution is 2.28. The van der Waals surface area contributed by atoms with Gasteiger partial charge in [0.15, 0.2) is 0 Å². The predicted octanol–water partition coefficient (Wildman–Crippen LogP) is 7.59. The number of aryl methyl sites for hydroxylation is 1. The van der Waals surface area contributed by atoms with Gasteiger partial charge >= 0.3 is 5.97 Å². The number of ether oxygens (including phenoxy) is 2. The molecule has 0 atom stereocenters. The summed E-state index contributed by atoms with van der Waals surface area (Å²) in [6.07, 6.45) is 15.9. The number of carbonyl (C=O) groups is 1. The van der Waals surface area contributed by atoms with Crippen LogP contribution >= 0.6 is 0 Å². The molecule has 3 N–H and O–H groups in total. The molecule has 4 heteroatoms. The summed E-state index contributed by atoms with van der Waals surface area (Å²) in [5, 5.41) is 0. The Morgan fingerprint density at radius 3 is 1.97 bits per heavy atom. The Labute approximate surface area is 179 Å². The number of esters is 1. The molecule has 0 spiro atoms. The highest BCUT2D eigenvalue weighted by Gasteiger charge is 2.17. The van der Waals surface area contributed by atoms with Gasteiger partial charge in [0, 0.05) is 0 Å². The smallest absolute Gasteiger partial charge is 0.341 e. The van der Waals surface area contributed by atoms with Gasteiger partial charge in [0.1, 0.15) is 11.3 Å². The first-order valence-corrected chi connectivity index (χ1v) is 11.5. The average molecular weight is 408 g/mol. The van der Waals surface area contributed by atoms with Gasteiger partial charge in [-0.3, -0.25) is 0 Å². The third-order valence-corrected chi connectivity index (χ3v) is 5.47. The molecule has 1 aromatic rings. The van der Waals surface area contributed by atoms with Gasteiger partial charge < -0.3 is 15.6 Å². The molecule has 168 valence electrons. The SMILES string of the molecule is CCCCCCCCOC(=O)c1ccc(CCCCCCCC)c(C)c1OC.N. The van der Waals surface area contributed by atoms with Crippen molar-refractivity contribution in [3.05, 3.63) is 28.8 Å². The van der Waals surface area contributed by atoms with Crippen LogP contribution in [0.15, 0.2) is 12.1 Å². The third-order valence-electron chi connectivity index (χ3n) is 5.47. The van der Waals surface area contributed by atoms with Crippen molar-refractivity contribution in [3.63, 3.8) is 0 Å². The van der Waals surface area contributed by atoms with Gasteiger partial charge in [-0.05, 0) is 43.4 Å². The molecule has 4 nitrogen and oxygen atoms in total. The van der Waals surface area contributed by atoms with Crippen molar-refractivity contribution < 1.29 is 14.3 Å². The second-order valence-electron chi connectivity index (χ2n) is 7.85. The van der Waals surface area contributed by atoms with Crippen molar-refractivity contribution in [1.29, 1.82) is 0 Å². The van der Waals surface area contributed by atoms with E-state index in [0.29, 0.717) is 17.9 Å². The average Bonchev–Trinajstić information content (AvgIpc) is 2.70. The lowest BCUT2D eigenvalue weighted by Crippen LogP contribution is -2.10. The molecule has 0 radical (unpaired) electrons. The number of benzene rings is 1. The van der Waals surface area contributed by atoms with Crippen molar-refractivity contribution in [2.45, 2.75) is 104 Å². The molecule has 29 heavy (non-hydrogen) atoms. The van der Waals surface area contributed by atoms with Gasteiger partial charge in [-0.1, -0.05) is 84.1 Å². The van der Waals surface area contributed by atoms with E-state index in [1.165, 1.54) is 69.8 Å². The standard InChI is InChI=1S/C25H42O3.H3N/c1-5-7-9-11-13-15-17-22-18-19-23(24(27-4)21(22)3)25(26)28-20-16-14-12-10-8-6-2;/h18-19H,5-17,20H2,1-4H3;1H3. The maximum absolute atomic E-state index is 12.5. The van der Waals surface area contributed by atoms with E-state index in [1.807, 2.05) is 6.07 Å². The minimum absolute atomic E-state index is 0. The third kappa shape index (κ3) is 10.7. The van der Waals surface area contributed by atoms with Crippen LogP contribution in [0.4, 0.5) is 0 Å². The molecule has 0 saturated heterocycles. The molecular formula is C25H45NO3. The van der Waals surface area contributed by atoms with E-state index in [1.54, 1.807) is 7.11 Å². The fraction of sp³-hybridized carbons (Fsp3) is 0.720. The molecule has 0 aromatic heterocycles. The van der Waals surface area contributed by atoms with Crippen LogP contribution in [0, 0.1) is 6.92 Å². The first-order chi connectivity index (χ1) is 13.7. The molecule has 0 aliphatic carbocycles. The van der Waals surface area contributed by atoms with Crippen LogP contribution in [-0.2, 0) is 11.2 Å². The van der Waals surface area contributed by atoms with Gasteiger partial charge in [-0.25, -0.2) is 4.79 Å². The summed E-state index contributed by atoms with van der Waals surface area (Å²) in [5.74, 6) is 0.413. The zero-order valence-electron chi connectivity index (χ0n) is 19.5. The molecule has 0 aliphatic heterocycles. The van der Waals surface area contributed by atoms with Gasteiger partial charge in [0.2, 0.25) is 0 Å². The Bertz CT molecular complexity index is 557.